The van der Waals surface area contributed by atoms with Gasteiger partial charge in [-0.1, -0.05) is 0 Å². The van der Waals surface area contributed by atoms with Crippen LogP contribution in [0.25, 0.3) is 3.62 Å². The van der Waals surface area contributed by atoms with Gasteiger partial charge in [0.2, 0.25) is 0 Å². The maximum absolute atomic E-state index is 9.55. The first-order valence-corrected chi connectivity index (χ1v) is 8.84. The van der Waals surface area contributed by atoms with Crippen molar-refractivity contribution in [3.8, 4) is 9.89 Å². The standard InChI is InChI=1S/C14H16OSTe/c1-14(2,15)9-10-17-13(11-16-3)12-7-5-4-6-8-12/h4-8,11,15H,1-3H3/b13-11+. The Morgan fingerprint density at radius 3 is 2.53 bits per heavy atom. The molecule has 0 aliphatic heterocycles. The molecule has 1 N–H and O–H groups in total. The average Bonchev–Trinajstić information content (AvgIpc) is 2.27. The number of thioether (sulfide) groups is 1. The van der Waals surface area contributed by atoms with E-state index in [9.17, 15) is 5.11 Å². The molecule has 0 spiro atoms. The van der Waals surface area contributed by atoms with Crippen molar-refractivity contribution in [2.45, 2.75) is 19.4 Å². The average molecular weight is 360 g/mol. The van der Waals surface area contributed by atoms with Crippen LogP contribution in [-0.4, -0.2) is 37.9 Å². The maximum atomic E-state index is 9.55. The van der Waals surface area contributed by atoms with Crippen LogP contribution in [0.15, 0.2) is 35.7 Å². The van der Waals surface area contributed by atoms with Crippen molar-refractivity contribution in [2.75, 3.05) is 6.26 Å². The second-order valence-corrected chi connectivity index (χ2v) is 7.10. The fourth-order valence-corrected chi connectivity index (χ4v) is 4.60. The Balaban J connectivity index is 2.82. The molecule has 17 heavy (non-hydrogen) atoms. The molecule has 1 aromatic rings. The first-order valence-electron chi connectivity index (χ1n) is 5.23. The summed E-state index contributed by atoms with van der Waals surface area (Å²) in [4.78, 5) is 0. The van der Waals surface area contributed by atoms with E-state index in [-0.39, 0.29) is 0 Å². The first-order chi connectivity index (χ1) is 8.03. The van der Waals surface area contributed by atoms with Crippen LogP contribution in [-0.2, 0) is 0 Å². The van der Waals surface area contributed by atoms with E-state index < -0.39 is 26.5 Å². The summed E-state index contributed by atoms with van der Waals surface area (Å²) in [5, 5.41) is 11.7. The summed E-state index contributed by atoms with van der Waals surface area (Å²) in [7, 11) is 0. The predicted molar refractivity (Wildman–Crippen MR) is 77.8 cm³/mol. The number of benzene rings is 1. The summed E-state index contributed by atoms with van der Waals surface area (Å²) in [6.45, 7) is 3.43. The summed E-state index contributed by atoms with van der Waals surface area (Å²) >= 11 is 1.14. The zero-order valence-corrected chi connectivity index (χ0v) is 13.4. The van der Waals surface area contributed by atoms with Gasteiger partial charge in [0.1, 0.15) is 0 Å². The second-order valence-electron chi connectivity index (χ2n) is 3.97. The Labute approximate surface area is 118 Å². The normalized spacial score (nSPS) is 11.9. The van der Waals surface area contributed by atoms with Gasteiger partial charge >= 0.3 is 118 Å². The van der Waals surface area contributed by atoms with Crippen LogP contribution in [0.1, 0.15) is 19.4 Å². The zero-order valence-electron chi connectivity index (χ0n) is 10.2. The van der Waals surface area contributed by atoms with E-state index in [1.165, 1.54) is 9.18 Å². The van der Waals surface area contributed by atoms with Gasteiger partial charge in [0.15, 0.2) is 0 Å². The SMILES string of the molecule is CS/C=C(/[Te]C#CC(C)(C)O)c1ccccc1. The molecule has 0 atom stereocenters. The van der Waals surface area contributed by atoms with Crippen LogP contribution in [0.2, 0.25) is 0 Å². The van der Waals surface area contributed by atoms with E-state index in [1.54, 1.807) is 25.6 Å². The van der Waals surface area contributed by atoms with Crippen LogP contribution < -0.4 is 0 Å². The van der Waals surface area contributed by atoms with Crippen molar-refractivity contribution in [3.05, 3.63) is 41.3 Å². The Morgan fingerprint density at radius 2 is 2.00 bits per heavy atom. The van der Waals surface area contributed by atoms with Gasteiger partial charge in [-0.3, -0.25) is 0 Å². The number of hydrogen-bond donors (Lipinski definition) is 1. The van der Waals surface area contributed by atoms with Crippen molar-refractivity contribution in [3.63, 3.8) is 0 Å². The topological polar surface area (TPSA) is 20.2 Å². The fraction of sp³-hybridized carbons (Fsp3) is 0.286. The van der Waals surface area contributed by atoms with Gasteiger partial charge in [-0.25, -0.2) is 0 Å². The Morgan fingerprint density at radius 1 is 1.35 bits per heavy atom. The monoisotopic (exact) mass is 362 g/mol. The van der Waals surface area contributed by atoms with Crippen molar-refractivity contribution in [1.29, 1.82) is 0 Å². The zero-order chi connectivity index (χ0) is 12.7. The molecule has 0 unspecified atom stereocenters. The Kier molecular flexibility index (Phi) is 6.17. The van der Waals surface area contributed by atoms with Gasteiger partial charge in [0, 0.05) is 0 Å². The molecule has 0 fully saturated rings. The van der Waals surface area contributed by atoms with Gasteiger partial charge in [0.05, 0.1) is 0 Å². The molecule has 0 bridgehead atoms. The van der Waals surface area contributed by atoms with Crippen LogP contribution >= 0.6 is 11.8 Å². The summed E-state index contributed by atoms with van der Waals surface area (Å²) in [5.74, 6) is 2.89. The molecule has 0 radical (unpaired) electrons. The molecule has 1 rings (SSSR count). The molecule has 0 aliphatic carbocycles. The minimum atomic E-state index is -0.883. The van der Waals surface area contributed by atoms with Crippen LogP contribution in [0.3, 0.4) is 0 Å². The molecule has 0 amide bonds. The molecule has 1 nitrogen and oxygen atoms in total. The van der Waals surface area contributed by atoms with Crippen molar-refractivity contribution in [1.82, 2.24) is 0 Å². The van der Waals surface area contributed by atoms with Gasteiger partial charge in [-0.05, 0) is 0 Å². The van der Waals surface area contributed by atoms with Crippen LogP contribution in [0.5, 0.6) is 0 Å². The summed E-state index contributed by atoms with van der Waals surface area (Å²) in [5.41, 5.74) is 0.362. The first kappa shape index (κ1) is 14.7. The molecule has 90 valence electrons. The van der Waals surface area contributed by atoms with E-state index in [0.717, 1.165) is 0 Å². The van der Waals surface area contributed by atoms with Crippen molar-refractivity contribution in [2.24, 2.45) is 0 Å². The minimum absolute atomic E-state index is 0.561. The third-order valence-corrected chi connectivity index (χ3v) is 4.96. The van der Waals surface area contributed by atoms with Crippen LogP contribution in [0, 0.1) is 9.89 Å². The Hall–Kier alpha value is -0.380. The van der Waals surface area contributed by atoms with Crippen molar-refractivity contribution < 1.29 is 5.11 Å². The van der Waals surface area contributed by atoms with Gasteiger partial charge in [0.25, 0.3) is 0 Å². The second kappa shape index (κ2) is 7.14. The summed E-state index contributed by atoms with van der Waals surface area (Å²) < 4.78 is 4.48. The molecular formula is C14H16OSTe. The van der Waals surface area contributed by atoms with Crippen LogP contribution in [0.4, 0.5) is 0 Å². The fourth-order valence-electron chi connectivity index (χ4n) is 1.07. The van der Waals surface area contributed by atoms with Gasteiger partial charge in [-0.2, -0.15) is 0 Å². The summed E-state index contributed by atoms with van der Waals surface area (Å²) in [6.07, 6.45) is 2.05. The molecule has 0 aliphatic rings. The summed E-state index contributed by atoms with van der Waals surface area (Å²) in [6, 6.07) is 10.3. The van der Waals surface area contributed by atoms with E-state index in [0.29, 0.717) is 0 Å². The molecule has 0 heterocycles. The Bertz CT molecular complexity index is 435. The number of aliphatic hydroxyl groups is 1. The van der Waals surface area contributed by atoms with E-state index in [2.05, 4.69) is 33.7 Å². The predicted octanol–water partition coefficient (Wildman–Crippen LogP) is 2.78. The van der Waals surface area contributed by atoms with E-state index in [4.69, 9.17) is 0 Å². The van der Waals surface area contributed by atoms with Crippen molar-refractivity contribution >= 4 is 36.3 Å². The number of rotatable bonds is 3. The number of hydrogen-bond acceptors (Lipinski definition) is 2. The van der Waals surface area contributed by atoms with E-state index in [1.807, 2.05) is 18.2 Å². The molecular weight excluding hydrogens is 344 g/mol. The third kappa shape index (κ3) is 6.20. The molecule has 0 saturated carbocycles. The molecule has 0 saturated heterocycles. The van der Waals surface area contributed by atoms with Gasteiger partial charge in [-0.15, -0.1) is 0 Å². The molecule has 1 aromatic carbocycles. The third-order valence-electron chi connectivity index (χ3n) is 1.80. The molecule has 3 heteroatoms. The quantitative estimate of drug-likeness (QED) is 0.661. The molecule has 0 aromatic heterocycles. The van der Waals surface area contributed by atoms with Gasteiger partial charge < -0.3 is 0 Å². The van der Waals surface area contributed by atoms with E-state index >= 15 is 0 Å².